The van der Waals surface area contributed by atoms with Crippen molar-refractivity contribution in [3.8, 4) is 0 Å². The third-order valence-corrected chi connectivity index (χ3v) is 3.01. The van der Waals surface area contributed by atoms with Crippen LogP contribution in [0.4, 0.5) is 0 Å². The number of amides is 1. The molecule has 1 saturated heterocycles. The molecule has 1 amide bonds. The van der Waals surface area contributed by atoms with Gasteiger partial charge in [0.1, 0.15) is 30.4 Å². The van der Waals surface area contributed by atoms with Gasteiger partial charge in [-0.3, -0.25) is 9.59 Å². The first-order valence-corrected chi connectivity index (χ1v) is 6.27. The van der Waals surface area contributed by atoms with Gasteiger partial charge in [0, 0.05) is 6.92 Å². The van der Waals surface area contributed by atoms with Crippen molar-refractivity contribution in [2.75, 3.05) is 13.2 Å². The highest BCUT2D eigenvalue weighted by Gasteiger charge is 2.45. The summed E-state index contributed by atoms with van der Waals surface area (Å²) in [6, 6.07) is -2.44. The molecule has 21 heavy (non-hydrogen) atoms. The number of nitrogens with two attached hydrogens (primary N) is 1. The van der Waals surface area contributed by atoms with Crippen molar-refractivity contribution < 1.29 is 39.5 Å². The van der Waals surface area contributed by atoms with E-state index >= 15 is 0 Å². The van der Waals surface area contributed by atoms with Crippen LogP contribution in [0.15, 0.2) is 0 Å². The standard InChI is InChI=1S/C11H20N2O8/c1-4(15)13-7-9(17)8(16)6(2-14)21-11(7)20-3-5(12)10(18)19/h5-9,11,14,16-17H,2-3,12H2,1H3,(H,13,15)(H,18,19)/t5-,6-,7-,8-,9-,11+/m0/s1. The number of aliphatic hydroxyl groups excluding tert-OH is 3. The Kier molecular flexibility index (Phi) is 6.45. The number of nitrogens with one attached hydrogen (secondary N) is 1. The number of carbonyl (C=O) groups excluding carboxylic acids is 1. The lowest BCUT2D eigenvalue weighted by Crippen LogP contribution is -2.64. The fourth-order valence-electron chi connectivity index (χ4n) is 1.88. The summed E-state index contributed by atoms with van der Waals surface area (Å²) < 4.78 is 10.4. The molecule has 0 aliphatic carbocycles. The first-order chi connectivity index (χ1) is 9.77. The molecule has 0 saturated carbocycles. The minimum Gasteiger partial charge on any atom is -0.480 e. The van der Waals surface area contributed by atoms with Crippen LogP contribution in [0, 0.1) is 0 Å². The second kappa shape index (κ2) is 7.64. The Bertz CT molecular complexity index is 379. The molecule has 6 atom stereocenters. The molecule has 0 aromatic carbocycles. The molecule has 7 N–H and O–H groups in total. The van der Waals surface area contributed by atoms with E-state index in [1.165, 1.54) is 6.92 Å². The maximum absolute atomic E-state index is 11.1. The Labute approximate surface area is 120 Å². The molecule has 1 heterocycles. The highest BCUT2D eigenvalue weighted by atomic mass is 16.7. The predicted molar refractivity (Wildman–Crippen MR) is 66.9 cm³/mol. The molecular formula is C11H20N2O8. The average Bonchev–Trinajstić information content (AvgIpc) is 2.42. The highest BCUT2D eigenvalue weighted by molar-refractivity contribution is 5.73. The van der Waals surface area contributed by atoms with E-state index in [1.807, 2.05) is 0 Å². The molecule has 122 valence electrons. The molecule has 1 rings (SSSR count). The molecule has 0 unspecified atom stereocenters. The largest absolute Gasteiger partial charge is 0.480 e. The Morgan fingerprint density at radius 2 is 2.00 bits per heavy atom. The fourth-order valence-corrected chi connectivity index (χ4v) is 1.88. The molecule has 0 radical (unpaired) electrons. The van der Waals surface area contributed by atoms with Crippen LogP contribution >= 0.6 is 0 Å². The van der Waals surface area contributed by atoms with Gasteiger partial charge in [0.2, 0.25) is 5.91 Å². The monoisotopic (exact) mass is 308 g/mol. The first kappa shape index (κ1) is 17.8. The Hall–Kier alpha value is -1.30. The van der Waals surface area contributed by atoms with Gasteiger partial charge in [-0.05, 0) is 0 Å². The SMILES string of the molecule is CC(=O)N[C@@H]1[C@H](OC[C@H](N)C(=O)O)O[C@@H](CO)[C@H](O)[C@H]1O. The summed E-state index contributed by atoms with van der Waals surface area (Å²) in [6.07, 6.45) is -5.27. The molecule has 0 aromatic heterocycles. The zero-order valence-electron chi connectivity index (χ0n) is 11.4. The van der Waals surface area contributed by atoms with Gasteiger partial charge in [0.15, 0.2) is 6.29 Å². The van der Waals surface area contributed by atoms with Crippen LogP contribution in [0.5, 0.6) is 0 Å². The first-order valence-electron chi connectivity index (χ1n) is 6.27. The van der Waals surface area contributed by atoms with E-state index in [1.54, 1.807) is 0 Å². The number of carboxylic acid groups (broad SMARTS) is 1. The van der Waals surface area contributed by atoms with E-state index in [0.29, 0.717) is 0 Å². The number of carbonyl (C=O) groups is 2. The van der Waals surface area contributed by atoms with Crippen LogP contribution in [0.1, 0.15) is 6.92 Å². The summed E-state index contributed by atoms with van der Waals surface area (Å²) in [5, 5.41) is 39.8. The molecule has 10 nitrogen and oxygen atoms in total. The lowest BCUT2D eigenvalue weighted by Gasteiger charge is -2.42. The van der Waals surface area contributed by atoms with Gasteiger partial charge < -0.3 is 41.0 Å². The smallest absolute Gasteiger partial charge is 0.322 e. The number of hydrogen-bond acceptors (Lipinski definition) is 8. The minimum absolute atomic E-state index is 0.433. The average molecular weight is 308 g/mol. The fraction of sp³-hybridized carbons (Fsp3) is 0.818. The van der Waals surface area contributed by atoms with Crippen molar-refractivity contribution in [3.63, 3.8) is 0 Å². The topological polar surface area (TPSA) is 172 Å². The summed E-state index contributed by atoms with van der Waals surface area (Å²) in [7, 11) is 0. The van der Waals surface area contributed by atoms with Crippen LogP contribution in [0.3, 0.4) is 0 Å². The molecule has 0 aromatic rings. The lowest BCUT2D eigenvalue weighted by molar-refractivity contribution is -0.270. The van der Waals surface area contributed by atoms with E-state index < -0.39 is 61.8 Å². The quantitative estimate of drug-likeness (QED) is 0.289. The number of carboxylic acids is 1. The molecule has 0 spiro atoms. The van der Waals surface area contributed by atoms with Gasteiger partial charge in [-0.25, -0.2) is 0 Å². The molecule has 1 aliphatic rings. The normalized spacial score (nSPS) is 34.2. The Balaban J connectivity index is 2.78. The van der Waals surface area contributed by atoms with E-state index in [4.69, 9.17) is 25.4 Å². The third-order valence-electron chi connectivity index (χ3n) is 3.01. The molecule has 10 heteroatoms. The molecule has 1 aliphatic heterocycles. The van der Waals surface area contributed by atoms with Gasteiger partial charge in [0.25, 0.3) is 0 Å². The van der Waals surface area contributed by atoms with E-state index in [9.17, 15) is 19.8 Å². The van der Waals surface area contributed by atoms with Crippen molar-refractivity contribution in [1.82, 2.24) is 5.32 Å². The summed E-state index contributed by atoms with van der Waals surface area (Å²) in [5.41, 5.74) is 5.28. The van der Waals surface area contributed by atoms with Crippen LogP contribution in [-0.4, -0.2) is 82.2 Å². The molecular weight excluding hydrogens is 288 g/mol. The predicted octanol–water partition coefficient (Wildman–Crippen LogP) is -3.64. The Morgan fingerprint density at radius 3 is 2.48 bits per heavy atom. The molecule has 1 fully saturated rings. The van der Waals surface area contributed by atoms with E-state index in [2.05, 4.69) is 5.32 Å². The summed E-state index contributed by atoms with van der Waals surface area (Å²) in [6.45, 7) is 0.171. The zero-order chi connectivity index (χ0) is 16.2. The number of aliphatic carboxylic acids is 1. The summed E-state index contributed by atoms with van der Waals surface area (Å²) >= 11 is 0. The summed E-state index contributed by atoms with van der Waals surface area (Å²) in [4.78, 5) is 21.7. The minimum atomic E-state index is -1.45. The molecule has 0 bridgehead atoms. The van der Waals surface area contributed by atoms with E-state index in [0.717, 1.165) is 0 Å². The highest BCUT2D eigenvalue weighted by Crippen LogP contribution is 2.22. The van der Waals surface area contributed by atoms with Gasteiger partial charge in [-0.2, -0.15) is 0 Å². The third kappa shape index (κ3) is 4.59. The van der Waals surface area contributed by atoms with Crippen LogP contribution in [0.2, 0.25) is 0 Å². The lowest BCUT2D eigenvalue weighted by atomic mass is 9.97. The van der Waals surface area contributed by atoms with Crippen molar-refractivity contribution in [3.05, 3.63) is 0 Å². The van der Waals surface area contributed by atoms with Crippen LogP contribution in [-0.2, 0) is 19.1 Å². The Morgan fingerprint density at radius 1 is 1.38 bits per heavy atom. The number of hydrogen-bond donors (Lipinski definition) is 6. The van der Waals surface area contributed by atoms with Gasteiger partial charge in [-0.1, -0.05) is 0 Å². The second-order valence-electron chi connectivity index (χ2n) is 4.71. The van der Waals surface area contributed by atoms with Crippen molar-refractivity contribution in [2.45, 2.75) is 43.6 Å². The number of rotatable bonds is 6. The zero-order valence-corrected chi connectivity index (χ0v) is 11.4. The van der Waals surface area contributed by atoms with Crippen LogP contribution in [0.25, 0.3) is 0 Å². The van der Waals surface area contributed by atoms with Crippen molar-refractivity contribution in [2.24, 2.45) is 5.73 Å². The van der Waals surface area contributed by atoms with E-state index in [-0.39, 0.29) is 0 Å². The number of ether oxygens (including phenoxy) is 2. The number of aliphatic hydroxyl groups is 3. The van der Waals surface area contributed by atoms with Gasteiger partial charge in [0.05, 0.1) is 13.2 Å². The van der Waals surface area contributed by atoms with Gasteiger partial charge >= 0.3 is 5.97 Å². The summed E-state index contributed by atoms with van der Waals surface area (Å²) in [5.74, 6) is -1.80. The second-order valence-corrected chi connectivity index (χ2v) is 4.71. The van der Waals surface area contributed by atoms with Crippen molar-refractivity contribution in [1.29, 1.82) is 0 Å². The van der Waals surface area contributed by atoms with Gasteiger partial charge in [-0.15, -0.1) is 0 Å². The van der Waals surface area contributed by atoms with Crippen LogP contribution < -0.4 is 11.1 Å². The maximum atomic E-state index is 11.1. The maximum Gasteiger partial charge on any atom is 0.322 e. The van der Waals surface area contributed by atoms with Crippen molar-refractivity contribution >= 4 is 11.9 Å².